The molecule has 7 heteroatoms. The predicted octanol–water partition coefficient (Wildman–Crippen LogP) is 4.10. The molecule has 0 fully saturated rings. The number of H-pyrrole nitrogens is 1. The Balaban J connectivity index is 0.00000300. The van der Waals surface area contributed by atoms with Gasteiger partial charge in [-0.2, -0.15) is 0 Å². The number of ether oxygens (including phenoxy) is 2. The molecule has 6 nitrogen and oxygen atoms in total. The minimum Gasteiger partial charge on any atom is -0.493 e. The summed E-state index contributed by atoms with van der Waals surface area (Å²) in [5.41, 5.74) is 3.64. The van der Waals surface area contributed by atoms with Gasteiger partial charge >= 0.3 is 0 Å². The third-order valence-electron chi connectivity index (χ3n) is 4.72. The summed E-state index contributed by atoms with van der Waals surface area (Å²) in [5.74, 6) is 2.24. The number of halogens is 1. The van der Waals surface area contributed by atoms with Crippen molar-refractivity contribution in [3.63, 3.8) is 0 Å². The fourth-order valence-electron chi connectivity index (χ4n) is 3.22. The first kappa shape index (κ1) is 22.9. The lowest BCUT2D eigenvalue weighted by molar-refractivity contribution is 0.354. The number of nitrogens with zero attached hydrogens (tertiary/aromatic N) is 1. The topological polar surface area (TPSA) is 70.7 Å². The molecule has 0 aliphatic rings. The Morgan fingerprint density at radius 3 is 2.59 bits per heavy atom. The summed E-state index contributed by atoms with van der Waals surface area (Å²) < 4.78 is 10.6. The summed E-state index contributed by atoms with van der Waals surface area (Å²) in [5, 5.41) is 8.01. The molecule has 0 radical (unpaired) electrons. The van der Waals surface area contributed by atoms with Crippen molar-refractivity contribution < 1.29 is 9.47 Å². The second kappa shape index (κ2) is 11.5. The molecule has 1 aromatic heterocycles. The van der Waals surface area contributed by atoms with Crippen LogP contribution in [0.3, 0.4) is 0 Å². The fourth-order valence-corrected chi connectivity index (χ4v) is 3.22. The van der Waals surface area contributed by atoms with Gasteiger partial charge in [-0.3, -0.25) is 4.99 Å². The minimum absolute atomic E-state index is 0. The third-order valence-corrected chi connectivity index (χ3v) is 4.72. The third kappa shape index (κ3) is 6.03. The number of aromatic nitrogens is 1. The standard InChI is InChI=1S/C22H28N4O2.HI/c1-23-22(26-14-16-10-11-20(27-2)21(13-16)28-3)24-12-6-7-17-15-25-19-9-5-4-8-18(17)19;/h4-5,8-11,13,15,25H,6-7,12,14H2,1-3H3,(H2,23,24,26);1H. The van der Waals surface area contributed by atoms with Crippen LogP contribution in [-0.4, -0.2) is 38.8 Å². The van der Waals surface area contributed by atoms with Gasteiger partial charge in [0.2, 0.25) is 0 Å². The maximum absolute atomic E-state index is 5.35. The van der Waals surface area contributed by atoms with E-state index in [2.05, 4.69) is 51.1 Å². The molecule has 0 aliphatic heterocycles. The molecule has 0 spiro atoms. The Hall–Kier alpha value is -2.42. The van der Waals surface area contributed by atoms with E-state index in [1.165, 1.54) is 16.5 Å². The van der Waals surface area contributed by atoms with Gasteiger partial charge < -0.3 is 25.1 Å². The van der Waals surface area contributed by atoms with Crippen LogP contribution in [0.15, 0.2) is 53.7 Å². The maximum atomic E-state index is 5.35. The van der Waals surface area contributed by atoms with E-state index in [-0.39, 0.29) is 24.0 Å². The van der Waals surface area contributed by atoms with Crippen molar-refractivity contribution in [3.8, 4) is 11.5 Å². The first-order valence-corrected chi connectivity index (χ1v) is 9.45. The Labute approximate surface area is 189 Å². The highest BCUT2D eigenvalue weighted by Crippen LogP contribution is 2.27. The number of hydrogen-bond donors (Lipinski definition) is 3. The number of aliphatic imine (C=N–C) groups is 1. The number of guanidine groups is 1. The van der Waals surface area contributed by atoms with Gasteiger partial charge in [-0.15, -0.1) is 24.0 Å². The van der Waals surface area contributed by atoms with Gasteiger partial charge in [0, 0.05) is 37.2 Å². The van der Waals surface area contributed by atoms with E-state index < -0.39 is 0 Å². The zero-order chi connectivity index (χ0) is 19.8. The molecule has 0 aliphatic carbocycles. The number of fused-ring (bicyclic) bond motifs is 1. The van der Waals surface area contributed by atoms with Crippen molar-refractivity contribution >= 4 is 40.8 Å². The molecular formula is C22H29IN4O2. The van der Waals surface area contributed by atoms with E-state index in [0.717, 1.165) is 42.4 Å². The number of hydrogen-bond acceptors (Lipinski definition) is 3. The van der Waals surface area contributed by atoms with Gasteiger partial charge in [0.25, 0.3) is 0 Å². The Kier molecular flexibility index (Phi) is 9.11. The summed E-state index contributed by atoms with van der Waals surface area (Å²) in [6.07, 6.45) is 4.15. The van der Waals surface area contributed by atoms with Crippen molar-refractivity contribution in [2.75, 3.05) is 27.8 Å². The second-order valence-electron chi connectivity index (χ2n) is 6.50. The summed E-state index contributed by atoms with van der Waals surface area (Å²) >= 11 is 0. The number of nitrogens with one attached hydrogen (secondary N) is 3. The monoisotopic (exact) mass is 508 g/mol. The second-order valence-corrected chi connectivity index (χ2v) is 6.50. The number of methoxy groups -OCH3 is 2. The quantitative estimate of drug-likeness (QED) is 0.186. The fraction of sp³-hybridized carbons (Fsp3) is 0.318. The molecule has 0 saturated heterocycles. The SMILES string of the molecule is CN=C(NCCCc1c[nH]c2ccccc12)NCc1ccc(OC)c(OC)c1.I. The molecule has 0 bridgehead atoms. The van der Waals surface area contributed by atoms with Gasteiger partial charge in [0.1, 0.15) is 0 Å². The van der Waals surface area contributed by atoms with E-state index in [1.807, 2.05) is 18.2 Å². The van der Waals surface area contributed by atoms with E-state index >= 15 is 0 Å². The normalized spacial score (nSPS) is 11.1. The average molecular weight is 508 g/mol. The number of para-hydroxylation sites is 1. The molecule has 3 rings (SSSR count). The first-order valence-electron chi connectivity index (χ1n) is 9.45. The molecule has 0 amide bonds. The molecule has 0 saturated carbocycles. The number of rotatable bonds is 8. The van der Waals surface area contributed by atoms with Crippen molar-refractivity contribution in [2.45, 2.75) is 19.4 Å². The Bertz CT molecular complexity index is 939. The van der Waals surface area contributed by atoms with E-state index in [4.69, 9.17) is 9.47 Å². The number of aryl methyl sites for hydroxylation is 1. The Morgan fingerprint density at radius 2 is 1.83 bits per heavy atom. The summed E-state index contributed by atoms with van der Waals surface area (Å²) in [4.78, 5) is 7.63. The average Bonchev–Trinajstić information content (AvgIpc) is 3.16. The zero-order valence-corrected chi connectivity index (χ0v) is 19.4. The molecule has 29 heavy (non-hydrogen) atoms. The highest BCUT2D eigenvalue weighted by Gasteiger charge is 2.06. The summed E-state index contributed by atoms with van der Waals surface area (Å²) in [7, 11) is 5.06. The zero-order valence-electron chi connectivity index (χ0n) is 17.1. The predicted molar refractivity (Wildman–Crippen MR) is 130 cm³/mol. The van der Waals surface area contributed by atoms with Crippen LogP contribution in [0, 0.1) is 0 Å². The van der Waals surface area contributed by atoms with Gasteiger partial charge in [-0.05, 0) is 42.2 Å². The van der Waals surface area contributed by atoms with Crippen LogP contribution in [0.4, 0.5) is 0 Å². The van der Waals surface area contributed by atoms with Gasteiger partial charge in [-0.1, -0.05) is 24.3 Å². The van der Waals surface area contributed by atoms with Crippen LogP contribution in [0.5, 0.6) is 11.5 Å². The van der Waals surface area contributed by atoms with Crippen LogP contribution in [0.2, 0.25) is 0 Å². The maximum Gasteiger partial charge on any atom is 0.191 e. The van der Waals surface area contributed by atoms with Crippen molar-refractivity contribution in [3.05, 3.63) is 59.8 Å². The molecular weight excluding hydrogens is 479 g/mol. The van der Waals surface area contributed by atoms with Crippen LogP contribution < -0.4 is 20.1 Å². The highest BCUT2D eigenvalue weighted by molar-refractivity contribution is 14.0. The lowest BCUT2D eigenvalue weighted by Gasteiger charge is -2.13. The summed E-state index contributed by atoms with van der Waals surface area (Å²) in [6.45, 7) is 1.51. The minimum atomic E-state index is 0. The number of aromatic amines is 1. The largest absolute Gasteiger partial charge is 0.493 e. The van der Waals surface area contributed by atoms with Gasteiger partial charge in [0.15, 0.2) is 17.5 Å². The van der Waals surface area contributed by atoms with Crippen LogP contribution in [-0.2, 0) is 13.0 Å². The Morgan fingerprint density at radius 1 is 1.03 bits per heavy atom. The molecule has 0 unspecified atom stereocenters. The van der Waals surface area contributed by atoms with Crippen molar-refractivity contribution in [2.24, 2.45) is 4.99 Å². The molecule has 2 aromatic carbocycles. The van der Waals surface area contributed by atoms with Crippen molar-refractivity contribution in [1.82, 2.24) is 15.6 Å². The van der Waals surface area contributed by atoms with Gasteiger partial charge in [0.05, 0.1) is 14.2 Å². The van der Waals surface area contributed by atoms with E-state index in [0.29, 0.717) is 6.54 Å². The lowest BCUT2D eigenvalue weighted by atomic mass is 10.1. The molecule has 3 N–H and O–H groups in total. The van der Waals surface area contributed by atoms with Crippen LogP contribution >= 0.6 is 24.0 Å². The molecule has 3 aromatic rings. The molecule has 156 valence electrons. The first-order chi connectivity index (χ1) is 13.7. The lowest BCUT2D eigenvalue weighted by Crippen LogP contribution is -2.37. The highest BCUT2D eigenvalue weighted by atomic mass is 127. The summed E-state index contributed by atoms with van der Waals surface area (Å²) in [6, 6.07) is 14.3. The smallest absolute Gasteiger partial charge is 0.191 e. The number of benzene rings is 2. The molecule has 0 atom stereocenters. The van der Waals surface area contributed by atoms with E-state index in [9.17, 15) is 0 Å². The van der Waals surface area contributed by atoms with E-state index in [1.54, 1.807) is 21.3 Å². The van der Waals surface area contributed by atoms with Crippen LogP contribution in [0.1, 0.15) is 17.5 Å². The van der Waals surface area contributed by atoms with Crippen LogP contribution in [0.25, 0.3) is 10.9 Å². The van der Waals surface area contributed by atoms with Gasteiger partial charge in [-0.25, -0.2) is 0 Å². The molecule has 1 heterocycles. The van der Waals surface area contributed by atoms with Crippen molar-refractivity contribution in [1.29, 1.82) is 0 Å².